The molecule has 0 saturated heterocycles. The third kappa shape index (κ3) is 5.83. The molecule has 3 N–H and O–H groups in total. The highest BCUT2D eigenvalue weighted by atomic mass is 32.2. The SMILES string of the molecule is C=C(/C(=C(\N=C(/C)N(C)c1c(F)cc(SC)cc1F)Nc1cc(C)[nH]n1)C1CC1)c1cn(C)c(C(C)O)n1. The molecule has 8 nitrogen and oxygen atoms in total. The van der Waals surface area contributed by atoms with Gasteiger partial charge in [0.2, 0.25) is 0 Å². The van der Waals surface area contributed by atoms with E-state index >= 15 is 0 Å². The van der Waals surface area contributed by atoms with E-state index in [-0.39, 0.29) is 11.6 Å². The molecule has 38 heavy (non-hydrogen) atoms. The van der Waals surface area contributed by atoms with Gasteiger partial charge < -0.3 is 19.9 Å². The number of hydrogen-bond donors (Lipinski definition) is 3. The molecule has 2 heterocycles. The molecule has 4 rings (SSSR count). The van der Waals surface area contributed by atoms with Gasteiger partial charge in [0.1, 0.15) is 29.3 Å². The van der Waals surface area contributed by atoms with Crippen molar-refractivity contribution in [3.05, 3.63) is 71.2 Å². The molecule has 1 aliphatic carbocycles. The lowest BCUT2D eigenvalue weighted by atomic mass is 10.00. The molecular weight excluding hydrogens is 508 g/mol. The summed E-state index contributed by atoms with van der Waals surface area (Å²) in [6, 6.07) is 4.47. The Morgan fingerprint density at radius 2 is 1.97 bits per heavy atom. The fraction of sp³-hybridized carbons (Fsp3) is 0.370. The summed E-state index contributed by atoms with van der Waals surface area (Å²) in [5, 5.41) is 20.6. The van der Waals surface area contributed by atoms with Crippen LogP contribution in [-0.2, 0) is 7.05 Å². The number of hydrogen-bond acceptors (Lipinski definition) is 6. The van der Waals surface area contributed by atoms with Gasteiger partial charge in [-0.3, -0.25) is 5.10 Å². The minimum atomic E-state index is -0.740. The van der Waals surface area contributed by atoms with Crippen LogP contribution in [0.5, 0.6) is 0 Å². The monoisotopic (exact) mass is 541 g/mol. The summed E-state index contributed by atoms with van der Waals surface area (Å²) in [7, 11) is 3.40. The zero-order chi connectivity index (χ0) is 27.7. The number of benzene rings is 1. The molecule has 0 spiro atoms. The number of thioether (sulfide) groups is 1. The highest BCUT2D eigenvalue weighted by molar-refractivity contribution is 7.98. The van der Waals surface area contributed by atoms with Gasteiger partial charge in [0.25, 0.3) is 0 Å². The zero-order valence-corrected chi connectivity index (χ0v) is 23.2. The molecule has 1 fully saturated rings. The van der Waals surface area contributed by atoms with E-state index in [1.807, 2.05) is 26.2 Å². The van der Waals surface area contributed by atoms with Gasteiger partial charge in [-0.2, -0.15) is 5.10 Å². The maximum absolute atomic E-state index is 14.9. The average molecular weight is 542 g/mol. The molecule has 2 aromatic heterocycles. The molecule has 0 bridgehead atoms. The Morgan fingerprint density at radius 3 is 2.47 bits per heavy atom. The van der Waals surface area contributed by atoms with Gasteiger partial charge in [-0.25, -0.2) is 18.8 Å². The fourth-order valence-electron chi connectivity index (χ4n) is 4.24. The Labute approximate surface area is 225 Å². The fourth-order valence-corrected chi connectivity index (χ4v) is 4.69. The van der Waals surface area contributed by atoms with E-state index < -0.39 is 17.7 Å². The van der Waals surface area contributed by atoms with Crippen molar-refractivity contribution in [3.63, 3.8) is 0 Å². The second-order valence-electron chi connectivity index (χ2n) is 9.51. The van der Waals surface area contributed by atoms with Gasteiger partial charge in [-0.1, -0.05) is 6.58 Å². The molecule has 1 unspecified atom stereocenters. The number of aliphatic imine (C=N–C) groups is 1. The zero-order valence-electron chi connectivity index (χ0n) is 22.4. The summed E-state index contributed by atoms with van der Waals surface area (Å²) >= 11 is 1.27. The Morgan fingerprint density at radius 1 is 1.32 bits per heavy atom. The first-order valence-corrected chi connectivity index (χ1v) is 13.5. The Bertz CT molecular complexity index is 1400. The highest BCUT2D eigenvalue weighted by Crippen LogP contribution is 2.44. The molecule has 1 aliphatic rings. The minimum Gasteiger partial charge on any atom is -0.385 e. The summed E-state index contributed by atoms with van der Waals surface area (Å²) in [5.41, 5.74) is 2.80. The van der Waals surface area contributed by atoms with Gasteiger partial charge in [-0.05, 0) is 57.9 Å². The first kappa shape index (κ1) is 27.6. The molecule has 1 aromatic carbocycles. The van der Waals surface area contributed by atoms with E-state index in [1.165, 1.54) is 28.8 Å². The predicted octanol–water partition coefficient (Wildman–Crippen LogP) is 5.81. The first-order chi connectivity index (χ1) is 18.0. The highest BCUT2D eigenvalue weighted by Gasteiger charge is 2.33. The first-order valence-electron chi connectivity index (χ1n) is 12.3. The van der Waals surface area contributed by atoms with Crippen LogP contribution in [0.2, 0.25) is 0 Å². The topological polar surface area (TPSA) is 94.4 Å². The second kappa shape index (κ2) is 11.1. The smallest absolute Gasteiger partial charge is 0.153 e. The number of aromatic amines is 1. The molecule has 11 heteroatoms. The number of H-pyrrole nitrogens is 1. The number of nitrogens with zero attached hydrogens (tertiary/aromatic N) is 5. The number of aliphatic hydroxyl groups excluding tert-OH is 1. The summed E-state index contributed by atoms with van der Waals surface area (Å²) in [6.07, 6.45) is 4.74. The summed E-state index contributed by atoms with van der Waals surface area (Å²) in [6.45, 7) is 9.58. The normalized spacial score (nSPS) is 15.3. The van der Waals surface area contributed by atoms with Crippen molar-refractivity contribution < 1.29 is 13.9 Å². The quantitative estimate of drug-likeness (QED) is 0.137. The number of rotatable bonds is 9. The average Bonchev–Trinajstić information content (AvgIpc) is 3.47. The molecular formula is C27H33F2N7OS. The van der Waals surface area contributed by atoms with Gasteiger partial charge in [0, 0.05) is 48.1 Å². The summed E-state index contributed by atoms with van der Waals surface area (Å²) < 4.78 is 31.6. The maximum atomic E-state index is 14.9. The van der Waals surface area contributed by atoms with E-state index in [0.29, 0.717) is 39.5 Å². The number of anilines is 2. The third-order valence-corrected chi connectivity index (χ3v) is 7.14. The Balaban J connectivity index is 1.81. The van der Waals surface area contributed by atoms with Crippen LogP contribution in [0.4, 0.5) is 20.3 Å². The molecule has 0 radical (unpaired) electrons. The number of halogens is 2. The predicted molar refractivity (Wildman–Crippen MR) is 149 cm³/mol. The van der Waals surface area contributed by atoms with E-state index in [2.05, 4.69) is 27.1 Å². The number of imidazole rings is 1. The molecule has 1 saturated carbocycles. The second-order valence-corrected chi connectivity index (χ2v) is 10.4. The van der Waals surface area contributed by atoms with Gasteiger partial charge in [0.15, 0.2) is 17.5 Å². The minimum absolute atomic E-state index is 0.179. The number of nitrogens with one attached hydrogen (secondary N) is 2. The lowest BCUT2D eigenvalue weighted by molar-refractivity contribution is 0.185. The maximum Gasteiger partial charge on any atom is 0.153 e. The molecule has 3 aromatic rings. The largest absolute Gasteiger partial charge is 0.385 e. The van der Waals surface area contributed by atoms with Crippen LogP contribution in [-0.4, -0.2) is 44.0 Å². The van der Waals surface area contributed by atoms with Crippen molar-refractivity contribution >= 4 is 34.7 Å². The third-order valence-electron chi connectivity index (χ3n) is 6.43. The Kier molecular flexibility index (Phi) is 8.08. The van der Waals surface area contributed by atoms with Crippen LogP contribution in [0.3, 0.4) is 0 Å². The molecule has 1 atom stereocenters. The number of aliphatic hydroxyl groups is 1. The molecule has 0 aliphatic heterocycles. The van der Waals surface area contributed by atoms with E-state index in [1.54, 1.807) is 31.7 Å². The van der Waals surface area contributed by atoms with E-state index in [4.69, 9.17) is 4.99 Å². The van der Waals surface area contributed by atoms with Crippen LogP contribution in [0.25, 0.3) is 5.57 Å². The number of allylic oxidation sites excluding steroid dienone is 2. The lowest BCUT2D eigenvalue weighted by Crippen LogP contribution is -2.26. The number of aryl methyl sites for hydroxylation is 2. The Hall–Kier alpha value is -3.44. The van der Waals surface area contributed by atoms with Gasteiger partial charge in [-0.15, -0.1) is 11.8 Å². The van der Waals surface area contributed by atoms with Crippen LogP contribution in [0, 0.1) is 24.5 Å². The van der Waals surface area contributed by atoms with Crippen LogP contribution >= 0.6 is 11.8 Å². The number of aromatic nitrogens is 4. The standard InChI is InChI=1S/C27H33F2N7OS/c1-14-10-23(34-33-14)32-26(30-17(4)36(6)25-20(28)11-19(38-7)12-21(25)29)24(18-8-9-18)15(2)22-13-35(5)27(31-22)16(3)37/h10-13,16,18,37H,2,8-9H2,1,3-7H3,(H2,32,33,34)/b26-24-,30-17+. The van der Waals surface area contributed by atoms with Crippen molar-refractivity contribution in [1.29, 1.82) is 0 Å². The van der Waals surface area contributed by atoms with Crippen molar-refractivity contribution in [3.8, 4) is 0 Å². The van der Waals surface area contributed by atoms with Crippen molar-refractivity contribution in [2.24, 2.45) is 18.0 Å². The van der Waals surface area contributed by atoms with Crippen molar-refractivity contribution in [2.45, 2.75) is 44.6 Å². The summed E-state index contributed by atoms with van der Waals surface area (Å²) in [4.78, 5) is 11.3. The van der Waals surface area contributed by atoms with Gasteiger partial charge >= 0.3 is 0 Å². The van der Waals surface area contributed by atoms with E-state index in [9.17, 15) is 13.9 Å². The van der Waals surface area contributed by atoms with Crippen LogP contribution in [0.1, 0.15) is 50.0 Å². The van der Waals surface area contributed by atoms with Crippen LogP contribution < -0.4 is 10.2 Å². The number of amidine groups is 1. The summed E-state index contributed by atoms with van der Waals surface area (Å²) in [5.74, 6) is 0.754. The molecule has 202 valence electrons. The van der Waals surface area contributed by atoms with Crippen LogP contribution in [0.15, 0.2) is 52.3 Å². The van der Waals surface area contributed by atoms with Crippen molar-refractivity contribution in [2.75, 3.05) is 23.5 Å². The molecule has 0 amide bonds. The van der Waals surface area contributed by atoms with Gasteiger partial charge in [0.05, 0.1) is 5.69 Å². The van der Waals surface area contributed by atoms with Crippen molar-refractivity contribution in [1.82, 2.24) is 19.7 Å². The lowest BCUT2D eigenvalue weighted by Gasteiger charge is -2.22. The van der Waals surface area contributed by atoms with E-state index in [0.717, 1.165) is 24.1 Å².